The van der Waals surface area contributed by atoms with Gasteiger partial charge in [-0.2, -0.15) is 0 Å². The van der Waals surface area contributed by atoms with Crippen LogP contribution in [0.25, 0.3) is 9.88 Å². The fourth-order valence-electron chi connectivity index (χ4n) is 2.34. The van der Waals surface area contributed by atoms with Gasteiger partial charge in [0.2, 0.25) is 0 Å². The molecule has 0 aliphatic carbocycles. The monoisotopic (exact) mass is 380 g/mol. The van der Waals surface area contributed by atoms with Crippen LogP contribution in [0.1, 0.15) is 50.0 Å². The number of thiophene rings is 1. The number of hydrogen-bond acceptors (Lipinski definition) is 6. The van der Waals surface area contributed by atoms with E-state index in [-0.39, 0.29) is 18.2 Å². The van der Waals surface area contributed by atoms with E-state index in [1.807, 2.05) is 17.5 Å². The van der Waals surface area contributed by atoms with Gasteiger partial charge in [0.05, 0.1) is 4.88 Å². The Hall–Kier alpha value is -1.73. The second-order valence-electron chi connectivity index (χ2n) is 5.81. The number of nitrogens with one attached hydrogen (secondary N) is 1. The van der Waals surface area contributed by atoms with Gasteiger partial charge >= 0.3 is 5.97 Å². The SMILES string of the molecule is CCCC[C@H](CC)CNC(=O)COC(=O)c1csc(-c2cccs2)n1. The summed E-state index contributed by atoms with van der Waals surface area (Å²) in [5.41, 5.74) is 0.246. The number of hydrogen-bond donors (Lipinski definition) is 1. The van der Waals surface area contributed by atoms with E-state index in [1.54, 1.807) is 16.7 Å². The quantitative estimate of drug-likeness (QED) is 0.622. The summed E-state index contributed by atoms with van der Waals surface area (Å²) >= 11 is 2.96. The van der Waals surface area contributed by atoms with Gasteiger partial charge in [-0.05, 0) is 23.8 Å². The fraction of sp³-hybridized carbons (Fsp3) is 0.500. The van der Waals surface area contributed by atoms with Crippen LogP contribution >= 0.6 is 22.7 Å². The Morgan fingerprint density at radius 3 is 2.84 bits per heavy atom. The summed E-state index contributed by atoms with van der Waals surface area (Å²) in [5, 5.41) is 7.25. The molecule has 0 radical (unpaired) electrons. The van der Waals surface area contributed by atoms with Crippen molar-refractivity contribution in [3.8, 4) is 9.88 Å². The highest BCUT2D eigenvalue weighted by molar-refractivity contribution is 7.20. The number of carbonyl (C=O) groups is 2. The summed E-state index contributed by atoms with van der Waals surface area (Å²) in [6, 6.07) is 3.89. The molecule has 0 saturated carbocycles. The van der Waals surface area contributed by atoms with E-state index in [0.29, 0.717) is 12.5 Å². The molecule has 0 unspecified atom stereocenters. The summed E-state index contributed by atoms with van der Waals surface area (Å²) in [4.78, 5) is 29.2. The van der Waals surface area contributed by atoms with E-state index in [9.17, 15) is 9.59 Å². The summed E-state index contributed by atoms with van der Waals surface area (Å²) in [6.45, 7) is 4.65. The molecule has 0 spiro atoms. The van der Waals surface area contributed by atoms with Gasteiger partial charge in [0.15, 0.2) is 12.3 Å². The Labute approximate surface area is 156 Å². The van der Waals surface area contributed by atoms with Crippen LogP contribution in [-0.2, 0) is 9.53 Å². The van der Waals surface area contributed by atoms with E-state index >= 15 is 0 Å². The Morgan fingerprint density at radius 1 is 1.32 bits per heavy atom. The minimum absolute atomic E-state index is 0.246. The van der Waals surface area contributed by atoms with Crippen LogP contribution in [0.4, 0.5) is 0 Å². The normalized spacial score (nSPS) is 11.9. The molecule has 25 heavy (non-hydrogen) atoms. The van der Waals surface area contributed by atoms with Crippen LogP contribution in [0.5, 0.6) is 0 Å². The number of carbonyl (C=O) groups excluding carboxylic acids is 2. The Balaban J connectivity index is 1.75. The summed E-state index contributed by atoms with van der Waals surface area (Å²) in [7, 11) is 0. The first-order valence-electron chi connectivity index (χ1n) is 8.57. The van der Waals surface area contributed by atoms with Crippen molar-refractivity contribution in [3.63, 3.8) is 0 Å². The van der Waals surface area contributed by atoms with Crippen molar-refractivity contribution in [3.05, 3.63) is 28.6 Å². The molecular formula is C18H24N2O3S2. The van der Waals surface area contributed by atoms with E-state index in [2.05, 4.69) is 24.1 Å². The van der Waals surface area contributed by atoms with Crippen molar-refractivity contribution in [1.82, 2.24) is 10.3 Å². The lowest BCUT2D eigenvalue weighted by atomic mass is 9.99. The van der Waals surface area contributed by atoms with Gasteiger partial charge in [-0.15, -0.1) is 22.7 Å². The molecule has 0 fully saturated rings. The zero-order valence-corrected chi connectivity index (χ0v) is 16.3. The average Bonchev–Trinajstić information content (AvgIpc) is 3.30. The third kappa shape index (κ3) is 6.25. The average molecular weight is 381 g/mol. The van der Waals surface area contributed by atoms with Crippen molar-refractivity contribution in [2.75, 3.05) is 13.2 Å². The minimum atomic E-state index is -0.563. The van der Waals surface area contributed by atoms with E-state index < -0.39 is 5.97 Å². The summed E-state index contributed by atoms with van der Waals surface area (Å²) in [5.74, 6) is -0.351. The molecular weight excluding hydrogens is 356 g/mol. The molecule has 0 aromatic carbocycles. The molecule has 1 atom stereocenters. The molecule has 136 valence electrons. The molecule has 2 heterocycles. The molecule has 0 saturated heterocycles. The lowest BCUT2D eigenvalue weighted by molar-refractivity contribution is -0.124. The standard InChI is InChI=1S/C18H24N2O3S2/c1-3-5-7-13(4-2)10-19-16(21)11-23-18(22)14-12-25-17(20-14)15-8-6-9-24-15/h6,8-9,12-13H,3-5,7,10-11H2,1-2H3,(H,19,21)/t13-/m0/s1. The third-order valence-corrected chi connectivity index (χ3v) is 5.79. The molecule has 5 nitrogen and oxygen atoms in total. The number of amides is 1. The number of esters is 1. The maximum atomic E-state index is 12.0. The largest absolute Gasteiger partial charge is 0.451 e. The Morgan fingerprint density at radius 2 is 2.16 bits per heavy atom. The third-order valence-electron chi connectivity index (χ3n) is 3.91. The molecule has 2 rings (SSSR count). The number of nitrogens with zero attached hydrogens (tertiary/aromatic N) is 1. The van der Waals surface area contributed by atoms with Gasteiger partial charge in [-0.3, -0.25) is 4.79 Å². The zero-order chi connectivity index (χ0) is 18.1. The number of rotatable bonds is 10. The predicted molar refractivity (Wildman–Crippen MR) is 102 cm³/mol. The lowest BCUT2D eigenvalue weighted by Crippen LogP contribution is -2.32. The van der Waals surface area contributed by atoms with Gasteiger partial charge in [0.25, 0.3) is 5.91 Å². The molecule has 2 aromatic rings. The van der Waals surface area contributed by atoms with Crippen LogP contribution in [-0.4, -0.2) is 30.0 Å². The van der Waals surface area contributed by atoms with Crippen LogP contribution in [0.2, 0.25) is 0 Å². The molecule has 1 amide bonds. The van der Waals surface area contributed by atoms with E-state index in [0.717, 1.165) is 29.1 Å². The Bertz CT molecular complexity index is 668. The highest BCUT2D eigenvalue weighted by atomic mass is 32.1. The van der Waals surface area contributed by atoms with E-state index in [1.165, 1.54) is 17.8 Å². The maximum absolute atomic E-state index is 12.0. The molecule has 7 heteroatoms. The zero-order valence-electron chi connectivity index (χ0n) is 14.6. The van der Waals surface area contributed by atoms with Crippen molar-refractivity contribution in [2.45, 2.75) is 39.5 Å². The highest BCUT2D eigenvalue weighted by Gasteiger charge is 2.16. The second-order valence-corrected chi connectivity index (χ2v) is 7.62. The van der Waals surface area contributed by atoms with Gasteiger partial charge in [0.1, 0.15) is 5.01 Å². The molecule has 0 aliphatic rings. The van der Waals surface area contributed by atoms with Crippen LogP contribution < -0.4 is 5.32 Å². The lowest BCUT2D eigenvalue weighted by Gasteiger charge is -2.15. The fourth-order valence-corrected chi connectivity index (χ4v) is 3.94. The molecule has 0 aliphatic heterocycles. The second kappa shape index (κ2) is 10.3. The number of unbranched alkanes of at least 4 members (excludes halogenated alkanes) is 1. The molecule has 2 aromatic heterocycles. The van der Waals surface area contributed by atoms with E-state index in [4.69, 9.17) is 4.74 Å². The topological polar surface area (TPSA) is 68.3 Å². The van der Waals surface area contributed by atoms with Gasteiger partial charge in [-0.25, -0.2) is 9.78 Å². The summed E-state index contributed by atoms with van der Waals surface area (Å²) < 4.78 is 5.06. The van der Waals surface area contributed by atoms with Crippen molar-refractivity contribution in [1.29, 1.82) is 0 Å². The van der Waals surface area contributed by atoms with Crippen LogP contribution in [0, 0.1) is 5.92 Å². The van der Waals surface area contributed by atoms with Crippen molar-refractivity contribution < 1.29 is 14.3 Å². The summed E-state index contributed by atoms with van der Waals surface area (Å²) in [6.07, 6.45) is 4.46. The van der Waals surface area contributed by atoms with Gasteiger partial charge < -0.3 is 10.1 Å². The van der Waals surface area contributed by atoms with Crippen molar-refractivity contribution in [2.24, 2.45) is 5.92 Å². The smallest absolute Gasteiger partial charge is 0.358 e. The van der Waals surface area contributed by atoms with Gasteiger partial charge in [0, 0.05) is 11.9 Å². The molecule has 1 N–H and O–H groups in total. The van der Waals surface area contributed by atoms with Crippen LogP contribution in [0.3, 0.4) is 0 Å². The first-order chi connectivity index (χ1) is 12.1. The predicted octanol–water partition coefficient (Wildman–Crippen LogP) is 4.36. The van der Waals surface area contributed by atoms with Crippen LogP contribution in [0.15, 0.2) is 22.9 Å². The molecule has 0 bridgehead atoms. The Kier molecular flexibility index (Phi) is 8.08. The van der Waals surface area contributed by atoms with Crippen molar-refractivity contribution >= 4 is 34.6 Å². The van der Waals surface area contributed by atoms with Gasteiger partial charge in [-0.1, -0.05) is 39.2 Å². The number of ether oxygens (including phenoxy) is 1. The highest BCUT2D eigenvalue weighted by Crippen LogP contribution is 2.27. The number of thiazole rings is 1. The maximum Gasteiger partial charge on any atom is 0.358 e. The first kappa shape index (κ1) is 19.6. The minimum Gasteiger partial charge on any atom is -0.451 e. The first-order valence-corrected chi connectivity index (χ1v) is 10.3. The number of aromatic nitrogens is 1.